The second-order valence-corrected chi connectivity index (χ2v) is 7.78. The topological polar surface area (TPSA) is 87.7 Å². The van der Waals surface area contributed by atoms with Crippen LogP contribution in [0.15, 0.2) is 58.5 Å². The first kappa shape index (κ1) is 20.9. The maximum absolute atomic E-state index is 13.3. The van der Waals surface area contributed by atoms with E-state index in [-0.39, 0.29) is 17.3 Å². The van der Waals surface area contributed by atoms with Gasteiger partial charge in [0.15, 0.2) is 5.16 Å². The monoisotopic (exact) mass is 438 g/mol. The fraction of sp³-hybridized carbons (Fsp3) is 0.273. The van der Waals surface area contributed by atoms with E-state index in [9.17, 15) is 9.59 Å². The Morgan fingerprint density at radius 2 is 1.97 bits per heavy atom. The molecule has 0 N–H and O–H groups in total. The first-order chi connectivity index (χ1) is 15.1. The Labute approximate surface area is 182 Å². The Bertz CT molecular complexity index is 1300. The number of esters is 1. The molecule has 0 fully saturated rings. The average molecular weight is 439 g/mol. The summed E-state index contributed by atoms with van der Waals surface area (Å²) in [5.74, 6) is 0.788. The van der Waals surface area contributed by atoms with E-state index >= 15 is 0 Å². The zero-order chi connectivity index (χ0) is 21.8. The smallest absolute Gasteiger partial charge is 0.316 e. The van der Waals surface area contributed by atoms with Gasteiger partial charge in [0.05, 0.1) is 36.1 Å². The molecule has 0 spiro atoms. The molecule has 0 saturated heterocycles. The number of benzene rings is 2. The Balaban J connectivity index is 1.81. The van der Waals surface area contributed by atoms with Crippen LogP contribution in [0.1, 0.15) is 19.8 Å². The highest BCUT2D eigenvalue weighted by atomic mass is 32.2. The second-order valence-electron chi connectivity index (χ2n) is 6.84. The van der Waals surface area contributed by atoms with E-state index < -0.39 is 0 Å². The van der Waals surface area contributed by atoms with Crippen LogP contribution in [0.25, 0.3) is 22.4 Å². The van der Waals surface area contributed by atoms with Gasteiger partial charge in [0.1, 0.15) is 5.75 Å². The van der Waals surface area contributed by atoms with Gasteiger partial charge in [-0.2, -0.15) is 0 Å². The maximum atomic E-state index is 13.3. The van der Waals surface area contributed by atoms with Gasteiger partial charge in [-0.1, -0.05) is 43.3 Å². The molecule has 8 nitrogen and oxygen atoms in total. The minimum Gasteiger partial charge on any atom is -0.497 e. The van der Waals surface area contributed by atoms with Gasteiger partial charge in [-0.15, -0.1) is 10.2 Å². The zero-order valence-electron chi connectivity index (χ0n) is 17.3. The Morgan fingerprint density at radius 1 is 1.13 bits per heavy atom. The number of fused-ring (bicyclic) bond motifs is 3. The fourth-order valence-electron chi connectivity index (χ4n) is 3.25. The van der Waals surface area contributed by atoms with E-state index in [4.69, 9.17) is 9.47 Å². The van der Waals surface area contributed by atoms with Gasteiger partial charge >= 0.3 is 5.97 Å². The lowest BCUT2D eigenvalue weighted by atomic mass is 10.2. The van der Waals surface area contributed by atoms with Crippen molar-refractivity contribution in [2.75, 3.05) is 19.5 Å². The first-order valence-electron chi connectivity index (χ1n) is 9.95. The van der Waals surface area contributed by atoms with E-state index in [2.05, 4.69) is 10.2 Å². The van der Waals surface area contributed by atoms with Crippen molar-refractivity contribution in [3.05, 3.63) is 58.9 Å². The molecular weight excluding hydrogens is 416 g/mol. The fourth-order valence-corrected chi connectivity index (χ4v) is 3.99. The molecule has 2 heterocycles. The number of ether oxygens (including phenoxy) is 2. The summed E-state index contributed by atoms with van der Waals surface area (Å²) in [6, 6.07) is 14.5. The number of methoxy groups -OCH3 is 1. The summed E-state index contributed by atoms with van der Waals surface area (Å²) in [7, 11) is 1.57. The first-order valence-corrected chi connectivity index (χ1v) is 10.9. The van der Waals surface area contributed by atoms with E-state index in [0.717, 1.165) is 12.8 Å². The van der Waals surface area contributed by atoms with Crippen molar-refractivity contribution < 1.29 is 14.3 Å². The Hall–Kier alpha value is -3.33. The molecule has 0 saturated carbocycles. The molecule has 2 aromatic carbocycles. The lowest BCUT2D eigenvalue weighted by Gasteiger charge is -2.12. The van der Waals surface area contributed by atoms with Crippen LogP contribution in [-0.2, 0) is 9.53 Å². The van der Waals surface area contributed by atoms with Crippen molar-refractivity contribution in [2.24, 2.45) is 0 Å². The quantitative estimate of drug-likeness (QED) is 0.236. The molecule has 0 atom stereocenters. The number of rotatable bonds is 8. The number of hydrogen-bond acceptors (Lipinski definition) is 7. The van der Waals surface area contributed by atoms with Crippen LogP contribution < -0.4 is 10.3 Å². The van der Waals surface area contributed by atoms with Crippen molar-refractivity contribution in [2.45, 2.75) is 24.9 Å². The summed E-state index contributed by atoms with van der Waals surface area (Å²) in [4.78, 5) is 25.4. The number of nitrogens with zero attached hydrogens (tertiary/aromatic N) is 4. The molecule has 0 bridgehead atoms. The van der Waals surface area contributed by atoms with Crippen LogP contribution in [0.5, 0.6) is 5.75 Å². The number of thioether (sulfide) groups is 1. The van der Waals surface area contributed by atoms with Crippen LogP contribution >= 0.6 is 11.8 Å². The summed E-state index contributed by atoms with van der Waals surface area (Å²) in [6.45, 7) is 2.45. The van der Waals surface area contributed by atoms with Gasteiger partial charge in [0.2, 0.25) is 5.78 Å². The van der Waals surface area contributed by atoms with E-state index in [1.807, 2.05) is 43.3 Å². The number of hydrogen-bond donors (Lipinski definition) is 0. The second kappa shape index (κ2) is 9.22. The minimum absolute atomic E-state index is 0.108. The summed E-state index contributed by atoms with van der Waals surface area (Å²) < 4.78 is 13.8. The molecule has 0 aliphatic heterocycles. The number of unbranched alkanes of at least 4 members (excludes halogenated alkanes) is 1. The number of carbonyl (C=O) groups is 1. The molecule has 9 heteroatoms. The van der Waals surface area contributed by atoms with Crippen LogP contribution in [-0.4, -0.2) is 44.6 Å². The molecule has 0 unspecified atom stereocenters. The van der Waals surface area contributed by atoms with Crippen molar-refractivity contribution in [1.82, 2.24) is 19.2 Å². The molecular formula is C22H22N4O4S. The molecule has 2 aromatic heterocycles. The van der Waals surface area contributed by atoms with Gasteiger partial charge in [-0.25, -0.2) is 4.57 Å². The number of carbonyl (C=O) groups excluding carboxylic acids is 1. The standard InChI is InChI=1S/C22H22N4O4S/c1-3-4-12-30-19(27)14-31-22-24-23-21-25(15-8-7-9-16(13-15)29-2)20(28)17-10-5-6-11-18(17)26(21)22/h5-11,13H,3-4,12,14H2,1-2H3. The largest absolute Gasteiger partial charge is 0.497 e. The Kier molecular flexibility index (Phi) is 6.22. The van der Waals surface area contributed by atoms with Crippen LogP contribution in [0.3, 0.4) is 0 Å². The van der Waals surface area contributed by atoms with E-state index in [0.29, 0.717) is 39.9 Å². The van der Waals surface area contributed by atoms with Gasteiger partial charge in [-0.3, -0.25) is 14.0 Å². The van der Waals surface area contributed by atoms with Gasteiger partial charge in [0, 0.05) is 6.07 Å². The maximum Gasteiger partial charge on any atom is 0.316 e. The van der Waals surface area contributed by atoms with Crippen LogP contribution in [0, 0.1) is 0 Å². The summed E-state index contributed by atoms with van der Waals surface area (Å²) in [6.07, 6.45) is 1.80. The zero-order valence-corrected chi connectivity index (χ0v) is 18.1. The SMILES string of the molecule is CCCCOC(=O)CSc1nnc2n(-c3cccc(OC)c3)c(=O)c3ccccc3n12. The molecule has 0 radical (unpaired) electrons. The molecule has 0 amide bonds. The van der Waals surface area contributed by atoms with Crippen molar-refractivity contribution in [3.8, 4) is 11.4 Å². The van der Waals surface area contributed by atoms with Crippen LogP contribution in [0.4, 0.5) is 0 Å². The molecule has 31 heavy (non-hydrogen) atoms. The number of para-hydroxylation sites is 1. The Morgan fingerprint density at radius 3 is 2.77 bits per heavy atom. The predicted molar refractivity (Wildman–Crippen MR) is 119 cm³/mol. The predicted octanol–water partition coefficient (Wildman–Crippen LogP) is 3.48. The summed E-state index contributed by atoms with van der Waals surface area (Å²) >= 11 is 1.23. The highest BCUT2D eigenvalue weighted by Crippen LogP contribution is 2.24. The summed E-state index contributed by atoms with van der Waals surface area (Å²) in [5.41, 5.74) is 1.08. The normalized spacial score (nSPS) is 11.2. The van der Waals surface area contributed by atoms with E-state index in [1.165, 1.54) is 16.3 Å². The van der Waals surface area contributed by atoms with Crippen LogP contribution in [0.2, 0.25) is 0 Å². The lowest BCUT2D eigenvalue weighted by Crippen LogP contribution is -2.22. The van der Waals surface area contributed by atoms with Gasteiger partial charge in [-0.05, 0) is 30.7 Å². The minimum atomic E-state index is -0.305. The molecule has 4 aromatic rings. The molecule has 0 aliphatic carbocycles. The van der Waals surface area contributed by atoms with E-state index in [1.54, 1.807) is 23.6 Å². The molecule has 0 aliphatic rings. The molecule has 160 valence electrons. The van der Waals surface area contributed by atoms with Gasteiger partial charge < -0.3 is 9.47 Å². The average Bonchev–Trinajstić information content (AvgIpc) is 3.22. The van der Waals surface area contributed by atoms with Crippen molar-refractivity contribution in [1.29, 1.82) is 0 Å². The third-order valence-electron chi connectivity index (χ3n) is 4.79. The lowest BCUT2D eigenvalue weighted by molar-refractivity contribution is -0.140. The third kappa shape index (κ3) is 4.13. The highest BCUT2D eigenvalue weighted by Gasteiger charge is 2.19. The number of aromatic nitrogens is 4. The third-order valence-corrected chi connectivity index (χ3v) is 5.69. The molecule has 4 rings (SSSR count). The van der Waals surface area contributed by atoms with Crippen molar-refractivity contribution >= 4 is 34.4 Å². The van der Waals surface area contributed by atoms with Crippen molar-refractivity contribution in [3.63, 3.8) is 0 Å². The summed E-state index contributed by atoms with van der Waals surface area (Å²) in [5, 5.41) is 9.57. The van der Waals surface area contributed by atoms with Gasteiger partial charge in [0.25, 0.3) is 5.56 Å². The highest BCUT2D eigenvalue weighted by molar-refractivity contribution is 7.99.